The summed E-state index contributed by atoms with van der Waals surface area (Å²) in [5.74, 6) is 2.44. The van der Waals surface area contributed by atoms with Crippen LogP contribution in [0.2, 0.25) is 0 Å². The van der Waals surface area contributed by atoms with Crippen LogP contribution in [0.1, 0.15) is 104 Å². The molecule has 0 saturated heterocycles. The maximum atomic E-state index is 13.2. The topological polar surface area (TPSA) is 73.6 Å². The van der Waals surface area contributed by atoms with E-state index >= 15 is 0 Å². The summed E-state index contributed by atoms with van der Waals surface area (Å²) in [6.45, 7) is 0.313. The molecular weight excluding hydrogens is 476 g/mol. The highest BCUT2D eigenvalue weighted by Gasteiger charge is 2.34. The fourth-order valence-corrected chi connectivity index (χ4v) is 6.76. The molecule has 0 bridgehead atoms. The van der Waals surface area contributed by atoms with Crippen molar-refractivity contribution in [2.24, 2.45) is 11.8 Å². The Labute approximate surface area is 223 Å². The van der Waals surface area contributed by atoms with Gasteiger partial charge in [0.25, 0.3) is 0 Å². The second kappa shape index (κ2) is 10.9. The lowest BCUT2D eigenvalue weighted by atomic mass is 9.84. The number of benzene rings is 2. The number of hydrogen-bond donors (Lipinski definition) is 0. The zero-order chi connectivity index (χ0) is 26.1. The molecule has 38 heavy (non-hydrogen) atoms. The van der Waals surface area contributed by atoms with Gasteiger partial charge in [-0.15, -0.1) is 0 Å². The van der Waals surface area contributed by atoms with Crippen LogP contribution in [0.3, 0.4) is 0 Å². The molecule has 1 aromatic heterocycles. The molecule has 1 unspecified atom stereocenters. The molecule has 0 radical (unpaired) electrons. The summed E-state index contributed by atoms with van der Waals surface area (Å²) >= 11 is 0. The van der Waals surface area contributed by atoms with Gasteiger partial charge < -0.3 is 9.15 Å². The molecule has 5 heteroatoms. The Morgan fingerprint density at radius 1 is 0.842 bits per heavy atom. The third kappa shape index (κ3) is 5.21. The van der Waals surface area contributed by atoms with Crippen LogP contribution in [0, 0.1) is 11.8 Å². The Hall–Kier alpha value is -3.21. The van der Waals surface area contributed by atoms with E-state index in [1.807, 2.05) is 18.2 Å². The van der Waals surface area contributed by atoms with Crippen LogP contribution in [0.25, 0.3) is 11.0 Å². The van der Waals surface area contributed by atoms with Crippen LogP contribution >= 0.6 is 0 Å². The zero-order valence-electron chi connectivity index (χ0n) is 22.0. The first kappa shape index (κ1) is 25.1. The van der Waals surface area contributed by atoms with Crippen molar-refractivity contribution in [1.82, 2.24) is 0 Å². The molecule has 2 atom stereocenters. The lowest BCUT2D eigenvalue weighted by Crippen LogP contribution is -2.16. The quantitative estimate of drug-likeness (QED) is 0.306. The van der Waals surface area contributed by atoms with E-state index in [-0.39, 0.29) is 29.2 Å². The maximum absolute atomic E-state index is 13.2. The fraction of sp³-hybridized carbons (Fsp3) is 0.485. The van der Waals surface area contributed by atoms with Crippen LogP contribution in [0.4, 0.5) is 0 Å². The molecule has 3 aliphatic carbocycles. The lowest BCUT2D eigenvalue weighted by molar-refractivity contribution is -0.124. The minimum absolute atomic E-state index is 0.0969. The van der Waals surface area contributed by atoms with Crippen LogP contribution in [-0.4, -0.2) is 17.3 Å². The highest BCUT2D eigenvalue weighted by Crippen LogP contribution is 2.38. The molecule has 1 heterocycles. The first-order chi connectivity index (χ1) is 18.5. The SMILES string of the molecule is O=C1CCC(=O)C(CC[C@H]2Cc3c(OCc4cc5cc(C6CCCCC6)ccc5o4)cccc3C2=O)CC1. The van der Waals surface area contributed by atoms with E-state index in [1.54, 1.807) is 0 Å². The number of hydrogen-bond acceptors (Lipinski definition) is 5. The van der Waals surface area contributed by atoms with E-state index in [0.29, 0.717) is 57.5 Å². The summed E-state index contributed by atoms with van der Waals surface area (Å²) in [4.78, 5) is 37.3. The van der Waals surface area contributed by atoms with Gasteiger partial charge >= 0.3 is 0 Å². The summed E-state index contributed by atoms with van der Waals surface area (Å²) in [5.41, 5.74) is 3.98. The zero-order valence-corrected chi connectivity index (χ0v) is 22.0. The lowest BCUT2D eigenvalue weighted by Gasteiger charge is -2.21. The maximum Gasteiger partial charge on any atom is 0.166 e. The van der Waals surface area contributed by atoms with Crippen molar-refractivity contribution in [2.45, 2.75) is 89.6 Å². The number of furan rings is 1. The number of ether oxygens (including phenoxy) is 1. The monoisotopic (exact) mass is 512 g/mol. The van der Waals surface area contributed by atoms with E-state index in [4.69, 9.17) is 9.15 Å². The molecule has 0 spiro atoms. The summed E-state index contributed by atoms with van der Waals surface area (Å²) in [6, 6.07) is 14.3. The van der Waals surface area contributed by atoms with E-state index in [9.17, 15) is 14.4 Å². The smallest absolute Gasteiger partial charge is 0.166 e. The molecule has 6 rings (SSSR count). The number of rotatable bonds is 7. The minimum atomic E-state index is -0.133. The standard InChI is InChI=1S/C33H36O5/c34-26-13-11-22(30(35)15-14-26)9-10-24-19-29-28(33(24)36)7-4-8-32(29)37-20-27-18-25-17-23(12-16-31(25)38-27)21-5-2-1-3-6-21/h4,7-8,12,16-18,21-22,24H,1-3,5-6,9-11,13-15,19-20H2/t22?,24-/m0/s1. The van der Waals surface area contributed by atoms with Gasteiger partial charge in [0.2, 0.25) is 0 Å². The summed E-state index contributed by atoms with van der Waals surface area (Å²) in [6.07, 6.45) is 10.3. The van der Waals surface area contributed by atoms with Crippen molar-refractivity contribution < 1.29 is 23.5 Å². The van der Waals surface area contributed by atoms with Gasteiger partial charge in [-0.1, -0.05) is 37.5 Å². The molecule has 2 aromatic carbocycles. The Morgan fingerprint density at radius 3 is 2.55 bits per heavy atom. The Morgan fingerprint density at radius 2 is 1.68 bits per heavy atom. The van der Waals surface area contributed by atoms with Gasteiger partial charge in [0.1, 0.15) is 35.3 Å². The molecule has 198 valence electrons. The second-order valence-corrected chi connectivity index (χ2v) is 11.5. The number of fused-ring (bicyclic) bond motifs is 2. The summed E-state index contributed by atoms with van der Waals surface area (Å²) in [5, 5.41) is 1.12. The average Bonchev–Trinajstić information content (AvgIpc) is 3.46. The molecule has 5 nitrogen and oxygen atoms in total. The van der Waals surface area contributed by atoms with E-state index in [0.717, 1.165) is 33.6 Å². The molecular formula is C33H36O5. The Kier molecular flexibility index (Phi) is 7.18. The first-order valence-electron chi connectivity index (χ1n) is 14.4. The van der Waals surface area contributed by atoms with Crippen molar-refractivity contribution in [3.8, 4) is 5.75 Å². The van der Waals surface area contributed by atoms with Crippen molar-refractivity contribution in [1.29, 1.82) is 0 Å². The number of Topliss-reactive ketones (excluding diaryl/α,β-unsaturated/α-hetero) is 3. The van der Waals surface area contributed by atoms with Crippen LogP contribution < -0.4 is 4.74 Å². The predicted octanol–water partition coefficient (Wildman–Crippen LogP) is 7.52. The largest absolute Gasteiger partial charge is 0.485 e. The molecule has 3 aliphatic rings. The van der Waals surface area contributed by atoms with Crippen LogP contribution in [-0.2, 0) is 22.6 Å². The fourth-order valence-electron chi connectivity index (χ4n) is 6.76. The van der Waals surface area contributed by atoms with Crippen LogP contribution in [0.15, 0.2) is 46.9 Å². The van der Waals surface area contributed by atoms with E-state index in [2.05, 4.69) is 24.3 Å². The summed E-state index contributed by atoms with van der Waals surface area (Å²) in [7, 11) is 0. The molecule has 2 fully saturated rings. The molecule has 0 amide bonds. The average molecular weight is 513 g/mol. The normalized spacial score (nSPS) is 22.6. The Bertz CT molecular complexity index is 1360. The molecule has 2 saturated carbocycles. The van der Waals surface area contributed by atoms with Crippen molar-refractivity contribution in [3.63, 3.8) is 0 Å². The van der Waals surface area contributed by atoms with Gasteiger partial charge in [-0.25, -0.2) is 0 Å². The van der Waals surface area contributed by atoms with Crippen LogP contribution in [0.5, 0.6) is 5.75 Å². The van der Waals surface area contributed by atoms with Gasteiger partial charge in [-0.3, -0.25) is 14.4 Å². The van der Waals surface area contributed by atoms with E-state index < -0.39 is 0 Å². The van der Waals surface area contributed by atoms with Crippen molar-refractivity contribution >= 4 is 28.3 Å². The highest BCUT2D eigenvalue weighted by atomic mass is 16.5. The number of carbonyl (C=O) groups is 3. The summed E-state index contributed by atoms with van der Waals surface area (Å²) < 4.78 is 12.3. The van der Waals surface area contributed by atoms with Gasteiger partial charge in [-0.05, 0) is 74.3 Å². The van der Waals surface area contributed by atoms with Crippen molar-refractivity contribution in [3.05, 3.63) is 64.9 Å². The predicted molar refractivity (Wildman–Crippen MR) is 146 cm³/mol. The highest BCUT2D eigenvalue weighted by molar-refractivity contribution is 6.03. The van der Waals surface area contributed by atoms with Crippen molar-refractivity contribution in [2.75, 3.05) is 0 Å². The third-order valence-electron chi connectivity index (χ3n) is 9.00. The first-order valence-corrected chi connectivity index (χ1v) is 14.4. The van der Waals surface area contributed by atoms with Gasteiger partial charge in [0.05, 0.1) is 0 Å². The third-order valence-corrected chi connectivity index (χ3v) is 9.00. The molecule has 0 N–H and O–H groups in total. The number of ketones is 3. The minimum Gasteiger partial charge on any atom is -0.485 e. The molecule has 0 aliphatic heterocycles. The van der Waals surface area contributed by atoms with Gasteiger partial charge in [-0.2, -0.15) is 0 Å². The Balaban J connectivity index is 1.10. The number of carbonyl (C=O) groups excluding carboxylic acids is 3. The molecule has 3 aromatic rings. The van der Waals surface area contributed by atoms with Gasteiger partial charge in [0.15, 0.2) is 5.78 Å². The van der Waals surface area contributed by atoms with Gasteiger partial charge in [0, 0.05) is 47.6 Å². The van der Waals surface area contributed by atoms with E-state index in [1.165, 1.54) is 37.7 Å². The second-order valence-electron chi connectivity index (χ2n) is 11.5.